The quantitative estimate of drug-likeness (QED) is 0.713. The van der Waals surface area contributed by atoms with E-state index in [4.69, 9.17) is 11.6 Å². The van der Waals surface area contributed by atoms with Crippen molar-refractivity contribution in [3.63, 3.8) is 0 Å². The van der Waals surface area contributed by atoms with Crippen LogP contribution in [-0.2, 0) is 14.8 Å². The molecule has 27 heavy (non-hydrogen) atoms. The van der Waals surface area contributed by atoms with Gasteiger partial charge < -0.3 is 5.32 Å². The normalized spacial score (nSPS) is 19.0. The second kappa shape index (κ2) is 8.31. The van der Waals surface area contributed by atoms with E-state index in [0.717, 1.165) is 10.0 Å². The SMILES string of the molecule is C[C@@H](NC(=O)[C@H]1CCCN1S(=O)(=O)c1ccc(Br)cc1)c1ccc(Cl)cc1. The Hall–Kier alpha value is -1.41. The maximum Gasteiger partial charge on any atom is 0.243 e. The number of sulfonamides is 1. The Labute approximate surface area is 172 Å². The van der Waals surface area contributed by atoms with E-state index in [9.17, 15) is 13.2 Å². The van der Waals surface area contributed by atoms with E-state index >= 15 is 0 Å². The molecule has 0 bridgehead atoms. The van der Waals surface area contributed by atoms with Crippen LogP contribution in [0, 0.1) is 0 Å². The monoisotopic (exact) mass is 470 g/mol. The third-order valence-electron chi connectivity index (χ3n) is 4.66. The van der Waals surface area contributed by atoms with Crippen LogP contribution in [0.4, 0.5) is 0 Å². The average Bonchev–Trinajstić information content (AvgIpc) is 3.13. The van der Waals surface area contributed by atoms with Gasteiger partial charge in [-0.05, 0) is 61.7 Å². The molecule has 1 saturated heterocycles. The van der Waals surface area contributed by atoms with Crippen molar-refractivity contribution in [1.82, 2.24) is 9.62 Å². The largest absolute Gasteiger partial charge is 0.348 e. The molecule has 0 spiro atoms. The molecule has 144 valence electrons. The number of benzene rings is 2. The molecule has 1 aliphatic heterocycles. The lowest BCUT2D eigenvalue weighted by molar-refractivity contribution is -0.124. The molecule has 1 fully saturated rings. The second-order valence-corrected chi connectivity index (χ2v) is 9.75. The molecule has 5 nitrogen and oxygen atoms in total. The van der Waals surface area contributed by atoms with Crippen molar-refractivity contribution in [3.05, 3.63) is 63.6 Å². The summed E-state index contributed by atoms with van der Waals surface area (Å²) in [5.41, 5.74) is 0.910. The van der Waals surface area contributed by atoms with Gasteiger partial charge in [-0.3, -0.25) is 4.79 Å². The fraction of sp³-hybridized carbons (Fsp3) is 0.316. The van der Waals surface area contributed by atoms with Gasteiger partial charge in [0.1, 0.15) is 6.04 Å². The predicted octanol–water partition coefficient (Wildman–Crippen LogP) is 4.13. The first-order chi connectivity index (χ1) is 12.8. The van der Waals surface area contributed by atoms with E-state index in [-0.39, 0.29) is 16.8 Å². The van der Waals surface area contributed by atoms with Gasteiger partial charge in [0.25, 0.3) is 0 Å². The Kier molecular flexibility index (Phi) is 6.25. The fourth-order valence-corrected chi connectivity index (χ4v) is 5.22. The number of hydrogen-bond acceptors (Lipinski definition) is 3. The van der Waals surface area contributed by atoms with Crippen LogP contribution in [0.1, 0.15) is 31.4 Å². The summed E-state index contributed by atoms with van der Waals surface area (Å²) >= 11 is 9.20. The standard InChI is InChI=1S/C19H20BrClN2O3S/c1-13(14-4-8-16(21)9-5-14)22-19(24)18-3-2-12-23(18)27(25,26)17-10-6-15(20)7-11-17/h4-11,13,18H,2-3,12H2,1H3,(H,22,24)/t13-,18-/m1/s1. The molecule has 0 unspecified atom stereocenters. The minimum Gasteiger partial charge on any atom is -0.348 e. The van der Waals surface area contributed by atoms with Gasteiger partial charge in [0.05, 0.1) is 10.9 Å². The summed E-state index contributed by atoms with van der Waals surface area (Å²) in [4.78, 5) is 13.0. The molecule has 3 rings (SSSR count). The number of hydrogen-bond donors (Lipinski definition) is 1. The van der Waals surface area contributed by atoms with Gasteiger partial charge in [0.15, 0.2) is 0 Å². The van der Waals surface area contributed by atoms with Crippen LogP contribution in [-0.4, -0.2) is 31.2 Å². The highest BCUT2D eigenvalue weighted by atomic mass is 79.9. The lowest BCUT2D eigenvalue weighted by Crippen LogP contribution is -2.46. The number of nitrogens with zero attached hydrogens (tertiary/aromatic N) is 1. The molecule has 2 aromatic carbocycles. The van der Waals surface area contributed by atoms with E-state index in [1.807, 2.05) is 19.1 Å². The zero-order valence-corrected chi connectivity index (χ0v) is 17.9. The molecule has 8 heteroatoms. The van der Waals surface area contributed by atoms with Gasteiger partial charge in [-0.15, -0.1) is 0 Å². The maximum absolute atomic E-state index is 13.0. The Bertz CT molecular complexity index is 917. The topological polar surface area (TPSA) is 66.5 Å². The highest BCUT2D eigenvalue weighted by molar-refractivity contribution is 9.10. The third kappa shape index (κ3) is 4.54. The van der Waals surface area contributed by atoms with Gasteiger partial charge in [-0.2, -0.15) is 4.31 Å². The zero-order chi connectivity index (χ0) is 19.6. The van der Waals surface area contributed by atoms with Crippen LogP contribution >= 0.6 is 27.5 Å². The smallest absolute Gasteiger partial charge is 0.243 e. The molecule has 0 aliphatic carbocycles. The first kappa shape index (κ1) is 20.3. The van der Waals surface area contributed by atoms with E-state index in [0.29, 0.717) is 24.4 Å². The predicted molar refractivity (Wildman–Crippen MR) is 109 cm³/mol. The molecule has 0 saturated carbocycles. The second-order valence-electron chi connectivity index (χ2n) is 6.51. The highest BCUT2D eigenvalue weighted by Crippen LogP contribution is 2.27. The Morgan fingerprint density at radius 1 is 1.19 bits per heavy atom. The minimum atomic E-state index is -3.72. The Balaban J connectivity index is 1.76. The van der Waals surface area contributed by atoms with E-state index in [2.05, 4.69) is 21.2 Å². The van der Waals surface area contributed by atoms with Crippen molar-refractivity contribution in [2.75, 3.05) is 6.54 Å². The average molecular weight is 472 g/mol. The molecular weight excluding hydrogens is 452 g/mol. The first-order valence-electron chi connectivity index (χ1n) is 8.62. The molecule has 1 amide bonds. The van der Waals surface area contributed by atoms with Crippen molar-refractivity contribution in [1.29, 1.82) is 0 Å². The van der Waals surface area contributed by atoms with E-state index < -0.39 is 16.1 Å². The molecule has 0 aromatic heterocycles. The van der Waals surface area contributed by atoms with Crippen LogP contribution in [0.3, 0.4) is 0 Å². The summed E-state index contributed by atoms with van der Waals surface area (Å²) in [7, 11) is -3.72. The van der Waals surface area contributed by atoms with Crippen LogP contribution in [0.15, 0.2) is 57.9 Å². The molecular formula is C19H20BrClN2O3S. The first-order valence-corrected chi connectivity index (χ1v) is 11.2. The summed E-state index contributed by atoms with van der Waals surface area (Å²) in [5, 5.41) is 3.55. The summed E-state index contributed by atoms with van der Waals surface area (Å²) in [6.45, 7) is 2.20. The summed E-state index contributed by atoms with van der Waals surface area (Å²) in [6.07, 6.45) is 1.16. The van der Waals surface area contributed by atoms with Gasteiger partial charge in [-0.25, -0.2) is 8.42 Å². The van der Waals surface area contributed by atoms with Crippen molar-refractivity contribution in [2.45, 2.75) is 36.7 Å². The third-order valence-corrected chi connectivity index (χ3v) is 7.36. The Morgan fingerprint density at radius 3 is 2.44 bits per heavy atom. The number of rotatable bonds is 5. The maximum atomic E-state index is 13.0. The molecule has 0 radical (unpaired) electrons. The lowest BCUT2D eigenvalue weighted by atomic mass is 10.1. The van der Waals surface area contributed by atoms with E-state index in [1.54, 1.807) is 36.4 Å². The molecule has 1 aliphatic rings. The van der Waals surface area contributed by atoms with Gasteiger partial charge in [-0.1, -0.05) is 39.7 Å². The molecule has 1 N–H and O–H groups in total. The van der Waals surface area contributed by atoms with Crippen molar-refractivity contribution >= 4 is 43.5 Å². The van der Waals surface area contributed by atoms with Crippen LogP contribution in [0.2, 0.25) is 5.02 Å². The number of nitrogens with one attached hydrogen (secondary N) is 1. The van der Waals surface area contributed by atoms with Crippen molar-refractivity contribution in [2.24, 2.45) is 0 Å². The fourth-order valence-electron chi connectivity index (χ4n) is 3.18. The molecule has 1 heterocycles. The van der Waals surface area contributed by atoms with Crippen LogP contribution in [0.5, 0.6) is 0 Å². The Morgan fingerprint density at radius 2 is 1.81 bits per heavy atom. The molecule has 2 atom stereocenters. The highest BCUT2D eigenvalue weighted by Gasteiger charge is 2.39. The number of carbonyl (C=O) groups is 1. The zero-order valence-electron chi connectivity index (χ0n) is 14.7. The van der Waals surface area contributed by atoms with Crippen LogP contribution < -0.4 is 5.32 Å². The minimum absolute atomic E-state index is 0.191. The summed E-state index contributed by atoms with van der Waals surface area (Å²) < 4.78 is 28.0. The van der Waals surface area contributed by atoms with Crippen LogP contribution in [0.25, 0.3) is 0 Å². The molecule has 2 aromatic rings. The number of carbonyl (C=O) groups excluding carboxylic acids is 1. The van der Waals surface area contributed by atoms with E-state index in [1.165, 1.54) is 4.31 Å². The lowest BCUT2D eigenvalue weighted by Gasteiger charge is -2.25. The number of halogens is 2. The van der Waals surface area contributed by atoms with Crippen molar-refractivity contribution in [3.8, 4) is 0 Å². The van der Waals surface area contributed by atoms with Gasteiger partial charge in [0, 0.05) is 16.0 Å². The van der Waals surface area contributed by atoms with Gasteiger partial charge in [0.2, 0.25) is 15.9 Å². The van der Waals surface area contributed by atoms with Gasteiger partial charge >= 0.3 is 0 Å². The summed E-state index contributed by atoms with van der Waals surface area (Å²) in [5.74, 6) is -0.282. The summed E-state index contributed by atoms with van der Waals surface area (Å²) in [6, 6.07) is 12.7. The number of amides is 1. The van der Waals surface area contributed by atoms with Crippen molar-refractivity contribution < 1.29 is 13.2 Å².